The van der Waals surface area contributed by atoms with E-state index in [2.05, 4.69) is 5.92 Å². The number of hydrogen-bond acceptors (Lipinski definition) is 0. The summed E-state index contributed by atoms with van der Waals surface area (Å²) >= 11 is 0. The zero-order valence-electron chi connectivity index (χ0n) is 6.40. The zero-order chi connectivity index (χ0) is 7.03. The van der Waals surface area contributed by atoms with Crippen LogP contribution in [0.2, 0.25) is 0 Å². The Hall–Kier alpha value is -0.440. The molecular formula is C10H14. The Morgan fingerprint density at radius 3 is 2.20 bits per heavy atom. The third-order valence-corrected chi connectivity index (χ3v) is 3.21. The third kappa shape index (κ3) is 0.770. The first-order valence-electron chi connectivity index (χ1n) is 4.35. The normalized spacial score (nSPS) is 29.9. The lowest BCUT2D eigenvalue weighted by Crippen LogP contribution is -2.09. The number of terminal acetylenes is 1. The van der Waals surface area contributed by atoms with Crippen molar-refractivity contribution in [3.05, 3.63) is 0 Å². The highest BCUT2D eigenvalue weighted by Gasteiger charge is 2.48. The second-order valence-corrected chi connectivity index (χ2v) is 3.78. The number of rotatable bonds is 1. The van der Waals surface area contributed by atoms with Gasteiger partial charge in [0.15, 0.2) is 0 Å². The van der Waals surface area contributed by atoms with Gasteiger partial charge in [0.25, 0.3) is 0 Å². The molecule has 2 saturated carbocycles. The molecule has 0 nitrogen and oxygen atoms in total. The summed E-state index contributed by atoms with van der Waals surface area (Å²) in [5.41, 5.74) is 0.399. The summed E-state index contributed by atoms with van der Waals surface area (Å²) in [5, 5.41) is 0. The van der Waals surface area contributed by atoms with Crippen LogP contribution in [0.5, 0.6) is 0 Å². The van der Waals surface area contributed by atoms with Gasteiger partial charge in [0.05, 0.1) is 0 Å². The van der Waals surface area contributed by atoms with E-state index in [-0.39, 0.29) is 0 Å². The van der Waals surface area contributed by atoms with Crippen molar-refractivity contribution in [1.29, 1.82) is 0 Å². The van der Waals surface area contributed by atoms with Crippen LogP contribution in [0, 0.1) is 23.7 Å². The van der Waals surface area contributed by atoms with E-state index in [4.69, 9.17) is 6.42 Å². The Morgan fingerprint density at radius 1 is 1.20 bits per heavy atom. The standard InChI is InChI=1S/C10H14/c1-2-10(7-8-10)9-5-3-4-6-9/h1,9H,3-8H2. The van der Waals surface area contributed by atoms with E-state index < -0.39 is 0 Å². The summed E-state index contributed by atoms with van der Waals surface area (Å²) in [7, 11) is 0. The Labute approximate surface area is 63.0 Å². The summed E-state index contributed by atoms with van der Waals surface area (Å²) in [5.74, 6) is 3.89. The van der Waals surface area contributed by atoms with Crippen molar-refractivity contribution in [3.63, 3.8) is 0 Å². The van der Waals surface area contributed by atoms with Crippen molar-refractivity contribution in [3.8, 4) is 12.3 Å². The maximum absolute atomic E-state index is 5.50. The monoisotopic (exact) mass is 134 g/mol. The van der Waals surface area contributed by atoms with Crippen LogP contribution < -0.4 is 0 Å². The van der Waals surface area contributed by atoms with E-state index in [0.29, 0.717) is 5.41 Å². The molecular weight excluding hydrogens is 120 g/mol. The van der Waals surface area contributed by atoms with Crippen molar-refractivity contribution in [2.24, 2.45) is 11.3 Å². The van der Waals surface area contributed by atoms with Crippen LogP contribution in [-0.2, 0) is 0 Å². The SMILES string of the molecule is C#CC1(C2CCCC2)CC1. The molecule has 54 valence electrons. The lowest BCUT2D eigenvalue weighted by atomic mass is 9.89. The minimum Gasteiger partial charge on any atom is -0.120 e. The molecule has 0 aliphatic heterocycles. The Bertz CT molecular complexity index is 163. The fourth-order valence-corrected chi connectivity index (χ4v) is 2.28. The van der Waals surface area contributed by atoms with Gasteiger partial charge in [-0.1, -0.05) is 18.8 Å². The van der Waals surface area contributed by atoms with Crippen LogP contribution in [0.25, 0.3) is 0 Å². The fraction of sp³-hybridized carbons (Fsp3) is 0.800. The molecule has 0 unspecified atom stereocenters. The minimum atomic E-state index is 0.399. The maximum atomic E-state index is 5.50. The average Bonchev–Trinajstić information content (AvgIpc) is 2.58. The largest absolute Gasteiger partial charge is 0.120 e. The van der Waals surface area contributed by atoms with Gasteiger partial charge in [-0.2, -0.15) is 0 Å². The van der Waals surface area contributed by atoms with Gasteiger partial charge in [0.1, 0.15) is 0 Å². The van der Waals surface area contributed by atoms with E-state index in [1.165, 1.54) is 38.5 Å². The molecule has 0 heteroatoms. The molecule has 0 heterocycles. The smallest absolute Gasteiger partial charge is 0.0341 e. The van der Waals surface area contributed by atoms with Crippen LogP contribution in [0.3, 0.4) is 0 Å². The topological polar surface area (TPSA) is 0 Å². The van der Waals surface area contributed by atoms with Crippen LogP contribution in [-0.4, -0.2) is 0 Å². The van der Waals surface area contributed by atoms with Crippen LogP contribution in [0.15, 0.2) is 0 Å². The predicted molar refractivity (Wildman–Crippen MR) is 42.5 cm³/mol. The highest BCUT2D eigenvalue weighted by Crippen LogP contribution is 2.56. The second kappa shape index (κ2) is 2.02. The van der Waals surface area contributed by atoms with Crippen molar-refractivity contribution < 1.29 is 0 Å². The molecule has 10 heavy (non-hydrogen) atoms. The van der Waals surface area contributed by atoms with Gasteiger partial charge in [0, 0.05) is 5.41 Å². The van der Waals surface area contributed by atoms with Gasteiger partial charge in [-0.3, -0.25) is 0 Å². The molecule has 2 rings (SSSR count). The van der Waals surface area contributed by atoms with E-state index in [1.807, 2.05) is 0 Å². The van der Waals surface area contributed by atoms with Crippen LogP contribution >= 0.6 is 0 Å². The molecule has 0 atom stereocenters. The van der Waals surface area contributed by atoms with Crippen molar-refractivity contribution in [2.75, 3.05) is 0 Å². The molecule has 0 aromatic rings. The van der Waals surface area contributed by atoms with Gasteiger partial charge >= 0.3 is 0 Å². The maximum Gasteiger partial charge on any atom is 0.0341 e. The predicted octanol–water partition coefficient (Wildman–Crippen LogP) is 2.59. The van der Waals surface area contributed by atoms with Gasteiger partial charge in [-0.15, -0.1) is 6.42 Å². The molecule has 0 aromatic heterocycles. The van der Waals surface area contributed by atoms with Crippen LogP contribution in [0.4, 0.5) is 0 Å². The Morgan fingerprint density at radius 2 is 1.80 bits per heavy atom. The van der Waals surface area contributed by atoms with E-state index in [0.717, 1.165) is 5.92 Å². The first kappa shape index (κ1) is 6.28. The summed E-state index contributed by atoms with van der Waals surface area (Å²) in [6.45, 7) is 0. The molecule has 0 radical (unpaired) electrons. The van der Waals surface area contributed by atoms with Gasteiger partial charge in [-0.25, -0.2) is 0 Å². The molecule has 2 aliphatic carbocycles. The summed E-state index contributed by atoms with van der Waals surface area (Å²) in [6.07, 6.45) is 13.8. The van der Waals surface area contributed by atoms with Gasteiger partial charge < -0.3 is 0 Å². The molecule has 2 aliphatic rings. The van der Waals surface area contributed by atoms with Gasteiger partial charge in [-0.05, 0) is 31.6 Å². The fourth-order valence-electron chi connectivity index (χ4n) is 2.28. The molecule has 0 aromatic carbocycles. The highest BCUT2D eigenvalue weighted by atomic mass is 14.5. The molecule has 0 amide bonds. The lowest BCUT2D eigenvalue weighted by molar-refractivity contribution is 0.399. The summed E-state index contributed by atoms with van der Waals surface area (Å²) < 4.78 is 0. The quantitative estimate of drug-likeness (QED) is 0.483. The third-order valence-electron chi connectivity index (χ3n) is 3.21. The number of hydrogen-bond donors (Lipinski definition) is 0. The van der Waals surface area contributed by atoms with Gasteiger partial charge in [0.2, 0.25) is 0 Å². The van der Waals surface area contributed by atoms with E-state index in [1.54, 1.807) is 0 Å². The highest BCUT2D eigenvalue weighted by molar-refractivity contribution is 5.18. The molecule has 0 bridgehead atoms. The summed E-state index contributed by atoms with van der Waals surface area (Å²) in [4.78, 5) is 0. The molecule has 0 spiro atoms. The zero-order valence-corrected chi connectivity index (χ0v) is 6.40. The first-order valence-corrected chi connectivity index (χ1v) is 4.35. The molecule has 2 fully saturated rings. The molecule has 0 saturated heterocycles. The average molecular weight is 134 g/mol. The Balaban J connectivity index is 2.05. The second-order valence-electron chi connectivity index (χ2n) is 3.78. The van der Waals surface area contributed by atoms with Crippen molar-refractivity contribution in [2.45, 2.75) is 38.5 Å². The molecule has 0 N–H and O–H groups in total. The van der Waals surface area contributed by atoms with Crippen molar-refractivity contribution in [1.82, 2.24) is 0 Å². The van der Waals surface area contributed by atoms with Crippen LogP contribution in [0.1, 0.15) is 38.5 Å². The first-order chi connectivity index (χ1) is 4.87. The summed E-state index contributed by atoms with van der Waals surface area (Å²) in [6, 6.07) is 0. The van der Waals surface area contributed by atoms with E-state index >= 15 is 0 Å². The lowest BCUT2D eigenvalue weighted by Gasteiger charge is -2.14. The minimum absolute atomic E-state index is 0.399. The Kier molecular flexibility index (Phi) is 1.27. The van der Waals surface area contributed by atoms with Crippen molar-refractivity contribution >= 4 is 0 Å². The van der Waals surface area contributed by atoms with E-state index in [9.17, 15) is 0 Å².